The van der Waals surface area contributed by atoms with Crippen molar-refractivity contribution in [3.63, 3.8) is 0 Å². The zero-order valence-electron chi connectivity index (χ0n) is 17.9. The summed E-state index contributed by atoms with van der Waals surface area (Å²) in [7, 11) is 4.06. The lowest BCUT2D eigenvalue weighted by Gasteiger charge is -2.15. The van der Waals surface area contributed by atoms with Gasteiger partial charge in [0.25, 0.3) is 0 Å². The number of hydrogen-bond acceptors (Lipinski definition) is 6. The second kappa shape index (κ2) is 9.26. The maximum Gasteiger partial charge on any atom is 0.227 e. The second-order valence-corrected chi connectivity index (χ2v) is 7.54. The van der Waals surface area contributed by atoms with Crippen molar-refractivity contribution in [1.29, 1.82) is 0 Å². The summed E-state index contributed by atoms with van der Waals surface area (Å²) in [5.41, 5.74) is 5.15. The first-order valence-corrected chi connectivity index (χ1v) is 10.2. The van der Waals surface area contributed by atoms with E-state index in [-0.39, 0.29) is 6.04 Å². The van der Waals surface area contributed by atoms with Crippen LogP contribution in [0.15, 0.2) is 85.2 Å². The number of benzene rings is 2. The molecular weight excluding hydrogens is 384 g/mol. The largest absolute Gasteiger partial charge is 0.378 e. The summed E-state index contributed by atoms with van der Waals surface area (Å²) in [6, 6.07) is 24.5. The van der Waals surface area contributed by atoms with Crippen molar-refractivity contribution in [2.24, 2.45) is 0 Å². The van der Waals surface area contributed by atoms with Crippen molar-refractivity contribution in [2.45, 2.75) is 13.0 Å². The van der Waals surface area contributed by atoms with Crippen LogP contribution in [0.5, 0.6) is 0 Å². The van der Waals surface area contributed by atoms with E-state index < -0.39 is 0 Å². The quantitative estimate of drug-likeness (QED) is 0.418. The molecule has 1 atom stereocenters. The third-order valence-corrected chi connectivity index (χ3v) is 5.02. The van der Waals surface area contributed by atoms with Crippen LogP contribution in [0.25, 0.3) is 11.3 Å². The molecule has 0 bridgehead atoms. The predicted octanol–water partition coefficient (Wildman–Crippen LogP) is 5.52. The van der Waals surface area contributed by atoms with Gasteiger partial charge in [-0.15, -0.1) is 0 Å². The van der Waals surface area contributed by atoms with Crippen molar-refractivity contribution in [1.82, 2.24) is 15.0 Å². The van der Waals surface area contributed by atoms with Gasteiger partial charge in [-0.3, -0.25) is 0 Å². The van der Waals surface area contributed by atoms with E-state index in [0.717, 1.165) is 28.5 Å². The van der Waals surface area contributed by atoms with Crippen molar-refractivity contribution >= 4 is 23.1 Å². The van der Waals surface area contributed by atoms with Gasteiger partial charge < -0.3 is 15.5 Å². The van der Waals surface area contributed by atoms with Crippen molar-refractivity contribution in [2.75, 3.05) is 29.6 Å². The molecule has 0 aliphatic rings. The van der Waals surface area contributed by atoms with Crippen molar-refractivity contribution in [3.8, 4) is 11.3 Å². The zero-order valence-corrected chi connectivity index (χ0v) is 17.9. The lowest BCUT2D eigenvalue weighted by atomic mass is 10.1. The Balaban J connectivity index is 1.48. The minimum absolute atomic E-state index is 0.147. The van der Waals surface area contributed by atoms with Gasteiger partial charge in [0.05, 0.1) is 5.69 Å². The summed E-state index contributed by atoms with van der Waals surface area (Å²) in [6.45, 7) is 2.12. The van der Waals surface area contributed by atoms with E-state index in [4.69, 9.17) is 0 Å². The van der Waals surface area contributed by atoms with E-state index in [0.29, 0.717) is 5.95 Å². The number of nitrogens with zero attached hydrogens (tertiary/aromatic N) is 4. The molecule has 4 aromatic rings. The van der Waals surface area contributed by atoms with Crippen molar-refractivity contribution in [3.05, 3.63) is 90.8 Å². The Morgan fingerprint density at radius 1 is 0.839 bits per heavy atom. The molecule has 0 aliphatic carbocycles. The summed E-state index contributed by atoms with van der Waals surface area (Å²) in [4.78, 5) is 15.6. The first-order valence-electron chi connectivity index (χ1n) is 10.2. The van der Waals surface area contributed by atoms with E-state index in [1.165, 1.54) is 5.56 Å². The van der Waals surface area contributed by atoms with Gasteiger partial charge in [0, 0.05) is 55.5 Å². The van der Waals surface area contributed by atoms with Crippen LogP contribution >= 0.6 is 0 Å². The van der Waals surface area contributed by atoms with Gasteiger partial charge in [-0.05, 0) is 36.8 Å². The molecule has 0 saturated carbocycles. The molecule has 0 spiro atoms. The van der Waals surface area contributed by atoms with Crippen LogP contribution in [-0.2, 0) is 0 Å². The Hall–Kier alpha value is -3.93. The van der Waals surface area contributed by atoms with Gasteiger partial charge in [-0.2, -0.15) is 0 Å². The standard InChI is InChI=1S/C25H26N6/c1-18(19-7-5-4-6-8-19)28-24-17-21(13-15-26-24)29-25-27-16-14-23(30-25)20-9-11-22(12-10-20)31(2)3/h4-18H,1-3H3,(H2,26,27,28,29,30)/t18-/m0/s1. The molecule has 4 rings (SSSR count). The third-order valence-electron chi connectivity index (χ3n) is 5.02. The third kappa shape index (κ3) is 5.17. The fraction of sp³-hybridized carbons (Fsp3) is 0.160. The highest BCUT2D eigenvalue weighted by Gasteiger charge is 2.08. The molecule has 2 aromatic heterocycles. The first kappa shape index (κ1) is 20.3. The van der Waals surface area contributed by atoms with Crippen LogP contribution in [-0.4, -0.2) is 29.0 Å². The molecule has 0 unspecified atom stereocenters. The van der Waals surface area contributed by atoms with Crippen molar-refractivity contribution < 1.29 is 0 Å². The number of nitrogens with one attached hydrogen (secondary N) is 2. The molecule has 2 heterocycles. The fourth-order valence-corrected chi connectivity index (χ4v) is 3.27. The van der Waals surface area contributed by atoms with Gasteiger partial charge in [0.15, 0.2) is 0 Å². The molecule has 6 heteroatoms. The average molecular weight is 411 g/mol. The van der Waals surface area contributed by atoms with E-state index >= 15 is 0 Å². The van der Waals surface area contributed by atoms with Crippen LogP contribution in [0.1, 0.15) is 18.5 Å². The van der Waals surface area contributed by atoms with E-state index in [1.54, 1.807) is 12.4 Å². The number of aromatic nitrogens is 3. The molecule has 156 valence electrons. The molecule has 6 nitrogen and oxygen atoms in total. The highest BCUT2D eigenvalue weighted by molar-refractivity contribution is 5.65. The molecule has 2 aromatic carbocycles. The Morgan fingerprint density at radius 3 is 2.32 bits per heavy atom. The maximum absolute atomic E-state index is 4.67. The van der Waals surface area contributed by atoms with Gasteiger partial charge in [0.2, 0.25) is 5.95 Å². The lowest BCUT2D eigenvalue weighted by molar-refractivity contribution is 0.875. The molecular formula is C25H26N6. The summed E-state index contributed by atoms with van der Waals surface area (Å²) >= 11 is 0. The second-order valence-electron chi connectivity index (χ2n) is 7.54. The Kier molecular flexibility index (Phi) is 6.08. The minimum Gasteiger partial charge on any atom is -0.378 e. The molecule has 0 saturated heterocycles. The van der Waals surface area contributed by atoms with E-state index in [1.807, 2.05) is 50.5 Å². The number of pyridine rings is 1. The van der Waals surface area contributed by atoms with Crippen LogP contribution in [0.2, 0.25) is 0 Å². The number of rotatable bonds is 7. The monoisotopic (exact) mass is 410 g/mol. The Labute approximate surface area is 183 Å². The normalized spacial score (nSPS) is 11.6. The Morgan fingerprint density at radius 2 is 1.58 bits per heavy atom. The highest BCUT2D eigenvalue weighted by atomic mass is 15.1. The smallest absolute Gasteiger partial charge is 0.227 e. The topological polar surface area (TPSA) is 66.0 Å². The molecule has 0 amide bonds. The van der Waals surface area contributed by atoms with E-state index in [2.05, 4.69) is 73.8 Å². The summed E-state index contributed by atoms with van der Waals surface area (Å²) < 4.78 is 0. The number of hydrogen-bond donors (Lipinski definition) is 2. The van der Waals surface area contributed by atoms with Gasteiger partial charge in [-0.25, -0.2) is 15.0 Å². The van der Waals surface area contributed by atoms with E-state index in [9.17, 15) is 0 Å². The number of anilines is 4. The fourth-order valence-electron chi connectivity index (χ4n) is 3.27. The molecule has 31 heavy (non-hydrogen) atoms. The highest BCUT2D eigenvalue weighted by Crippen LogP contribution is 2.24. The summed E-state index contributed by atoms with van der Waals surface area (Å²) in [5, 5.41) is 6.73. The summed E-state index contributed by atoms with van der Waals surface area (Å²) in [5.74, 6) is 1.33. The first-order chi connectivity index (χ1) is 15.1. The van der Waals surface area contributed by atoms with Crippen LogP contribution in [0, 0.1) is 0 Å². The summed E-state index contributed by atoms with van der Waals surface area (Å²) in [6.07, 6.45) is 3.54. The van der Waals surface area contributed by atoms with Gasteiger partial charge in [-0.1, -0.05) is 42.5 Å². The van der Waals surface area contributed by atoms with Gasteiger partial charge >= 0.3 is 0 Å². The Bertz CT molecular complexity index is 1130. The zero-order chi connectivity index (χ0) is 21.6. The minimum atomic E-state index is 0.147. The average Bonchev–Trinajstić information content (AvgIpc) is 2.80. The van der Waals surface area contributed by atoms with Crippen LogP contribution in [0.4, 0.5) is 23.1 Å². The molecule has 0 radical (unpaired) electrons. The molecule has 2 N–H and O–H groups in total. The van der Waals surface area contributed by atoms with Gasteiger partial charge in [0.1, 0.15) is 5.82 Å². The molecule has 0 fully saturated rings. The van der Waals surface area contributed by atoms with Crippen LogP contribution < -0.4 is 15.5 Å². The maximum atomic E-state index is 4.67. The SMILES string of the molecule is C[C@H](Nc1cc(Nc2nccc(-c3ccc(N(C)C)cc3)n2)ccn1)c1ccccc1. The lowest BCUT2D eigenvalue weighted by Crippen LogP contribution is -2.08. The molecule has 0 aliphatic heterocycles. The van der Waals surface area contributed by atoms with Crippen LogP contribution in [0.3, 0.4) is 0 Å². The predicted molar refractivity (Wildman–Crippen MR) is 128 cm³/mol.